The third kappa shape index (κ3) is 3.62. The molecule has 0 atom stereocenters. The molecule has 0 amide bonds. The molecule has 1 heterocycles. The Balaban J connectivity index is 1.83. The maximum atomic E-state index is 4.69. The Morgan fingerprint density at radius 1 is 1.00 bits per heavy atom. The molecule has 0 aliphatic heterocycles. The fourth-order valence-corrected chi connectivity index (χ4v) is 3.34. The quantitative estimate of drug-likeness (QED) is 0.616. The van der Waals surface area contributed by atoms with Crippen LogP contribution in [0.25, 0.3) is 22.4 Å². The molecule has 23 heavy (non-hydrogen) atoms. The number of aromatic nitrogens is 1. The fourth-order valence-electron chi connectivity index (χ4n) is 2.44. The summed E-state index contributed by atoms with van der Waals surface area (Å²) in [6.07, 6.45) is 4.24. The summed E-state index contributed by atoms with van der Waals surface area (Å²) in [5.74, 6) is 0.572. The van der Waals surface area contributed by atoms with Gasteiger partial charge in [-0.05, 0) is 41.3 Å². The normalized spacial score (nSPS) is 11.7. The number of fused-ring (bicyclic) bond motifs is 1. The Morgan fingerprint density at radius 3 is 2.39 bits per heavy atom. The lowest BCUT2D eigenvalue weighted by atomic mass is 10.0. The minimum absolute atomic E-state index is 0.572. The average Bonchev–Trinajstić information content (AvgIpc) is 2.95. The number of nitrogens with zero attached hydrogens (tertiary/aromatic N) is 2. The molecule has 2 aromatic carbocycles. The predicted molar refractivity (Wildman–Crippen MR) is 103 cm³/mol. The monoisotopic (exact) mass is 322 g/mol. The van der Waals surface area contributed by atoms with Gasteiger partial charge in [0.15, 0.2) is 0 Å². The minimum Gasteiger partial charge on any atom is -0.378 e. The molecular formula is C20H22N2S. The van der Waals surface area contributed by atoms with Gasteiger partial charge < -0.3 is 4.90 Å². The van der Waals surface area contributed by atoms with Crippen molar-refractivity contribution in [3.63, 3.8) is 0 Å². The Hall–Kier alpha value is -2.13. The molecule has 0 bridgehead atoms. The zero-order chi connectivity index (χ0) is 16.4. The SMILES string of the molecule is CC(C)c1ccc(/C=C/c2nc3ccc(N(C)C)cc3s2)cc1. The molecule has 1 aromatic heterocycles. The van der Waals surface area contributed by atoms with E-state index in [1.807, 2.05) is 0 Å². The molecule has 2 nitrogen and oxygen atoms in total. The highest BCUT2D eigenvalue weighted by Crippen LogP contribution is 2.27. The van der Waals surface area contributed by atoms with E-state index in [0.717, 1.165) is 10.5 Å². The van der Waals surface area contributed by atoms with Crippen LogP contribution in [0.1, 0.15) is 35.9 Å². The van der Waals surface area contributed by atoms with E-state index in [1.165, 1.54) is 21.5 Å². The first-order valence-electron chi connectivity index (χ1n) is 7.89. The molecule has 118 valence electrons. The number of hydrogen-bond acceptors (Lipinski definition) is 3. The summed E-state index contributed by atoms with van der Waals surface area (Å²) in [6, 6.07) is 15.1. The maximum absolute atomic E-state index is 4.69. The van der Waals surface area contributed by atoms with Gasteiger partial charge in [-0.3, -0.25) is 0 Å². The number of rotatable bonds is 4. The lowest BCUT2D eigenvalue weighted by Crippen LogP contribution is -2.07. The summed E-state index contributed by atoms with van der Waals surface area (Å²) in [4.78, 5) is 6.80. The highest BCUT2D eigenvalue weighted by atomic mass is 32.1. The van der Waals surface area contributed by atoms with Crippen molar-refractivity contribution in [3.05, 3.63) is 58.6 Å². The zero-order valence-electron chi connectivity index (χ0n) is 14.1. The molecular weight excluding hydrogens is 300 g/mol. The summed E-state index contributed by atoms with van der Waals surface area (Å²) in [6.45, 7) is 4.43. The standard InChI is InChI=1S/C20H22N2S/c1-14(2)16-8-5-15(6-9-16)7-12-20-21-18-11-10-17(22(3)4)13-19(18)23-20/h5-14H,1-4H3/b12-7+. The highest BCUT2D eigenvalue weighted by molar-refractivity contribution is 7.19. The van der Waals surface area contributed by atoms with E-state index >= 15 is 0 Å². The van der Waals surface area contributed by atoms with Gasteiger partial charge in [0.25, 0.3) is 0 Å². The van der Waals surface area contributed by atoms with Crippen LogP contribution in [-0.2, 0) is 0 Å². The third-order valence-corrected chi connectivity index (χ3v) is 4.91. The predicted octanol–water partition coefficient (Wildman–Crippen LogP) is 5.66. The van der Waals surface area contributed by atoms with E-state index in [2.05, 4.69) is 92.4 Å². The lowest BCUT2D eigenvalue weighted by molar-refractivity contribution is 0.866. The summed E-state index contributed by atoms with van der Waals surface area (Å²) in [7, 11) is 4.12. The second-order valence-corrected chi connectivity index (χ2v) is 7.32. The maximum Gasteiger partial charge on any atom is 0.117 e. The van der Waals surface area contributed by atoms with Gasteiger partial charge in [0.1, 0.15) is 5.01 Å². The topological polar surface area (TPSA) is 16.1 Å². The van der Waals surface area contributed by atoms with Crippen LogP contribution in [0.4, 0.5) is 5.69 Å². The van der Waals surface area contributed by atoms with Gasteiger partial charge in [-0.25, -0.2) is 4.98 Å². The first-order valence-corrected chi connectivity index (χ1v) is 8.70. The van der Waals surface area contributed by atoms with Crippen molar-refractivity contribution in [2.45, 2.75) is 19.8 Å². The van der Waals surface area contributed by atoms with Crippen LogP contribution < -0.4 is 4.90 Å². The largest absolute Gasteiger partial charge is 0.378 e. The summed E-state index contributed by atoms with van der Waals surface area (Å²) >= 11 is 1.73. The fraction of sp³-hybridized carbons (Fsp3) is 0.250. The van der Waals surface area contributed by atoms with Crippen LogP contribution in [-0.4, -0.2) is 19.1 Å². The molecule has 0 unspecified atom stereocenters. The van der Waals surface area contributed by atoms with Gasteiger partial charge in [0.05, 0.1) is 10.2 Å². The third-order valence-electron chi connectivity index (χ3n) is 3.93. The molecule has 3 heteroatoms. The van der Waals surface area contributed by atoms with Crippen LogP contribution in [0, 0.1) is 0 Å². The van der Waals surface area contributed by atoms with Crippen molar-refractivity contribution in [1.82, 2.24) is 4.98 Å². The average molecular weight is 322 g/mol. The van der Waals surface area contributed by atoms with Crippen molar-refractivity contribution in [3.8, 4) is 0 Å². The van der Waals surface area contributed by atoms with Crippen LogP contribution >= 0.6 is 11.3 Å². The molecule has 0 spiro atoms. The molecule has 0 aliphatic carbocycles. The van der Waals surface area contributed by atoms with Crippen molar-refractivity contribution in [2.75, 3.05) is 19.0 Å². The van der Waals surface area contributed by atoms with Gasteiger partial charge in [-0.1, -0.05) is 44.2 Å². The van der Waals surface area contributed by atoms with E-state index in [4.69, 9.17) is 0 Å². The Labute approximate surface area is 142 Å². The van der Waals surface area contributed by atoms with Gasteiger partial charge in [0, 0.05) is 19.8 Å². The number of anilines is 1. The van der Waals surface area contributed by atoms with Crippen LogP contribution in [0.2, 0.25) is 0 Å². The van der Waals surface area contributed by atoms with E-state index in [1.54, 1.807) is 11.3 Å². The van der Waals surface area contributed by atoms with E-state index in [9.17, 15) is 0 Å². The summed E-state index contributed by atoms with van der Waals surface area (Å²) in [5, 5.41) is 1.05. The van der Waals surface area contributed by atoms with Gasteiger partial charge in [-0.2, -0.15) is 0 Å². The summed E-state index contributed by atoms with van der Waals surface area (Å²) < 4.78 is 1.23. The molecule has 0 N–H and O–H groups in total. The zero-order valence-corrected chi connectivity index (χ0v) is 14.9. The number of thiazole rings is 1. The molecule has 0 radical (unpaired) electrons. The lowest BCUT2D eigenvalue weighted by Gasteiger charge is -2.11. The number of hydrogen-bond donors (Lipinski definition) is 0. The molecule has 0 fully saturated rings. The molecule has 0 saturated carbocycles. The van der Waals surface area contributed by atoms with Crippen LogP contribution in [0.15, 0.2) is 42.5 Å². The molecule has 0 aliphatic rings. The first kappa shape index (κ1) is 15.8. The first-order chi connectivity index (χ1) is 11.0. The Bertz CT molecular complexity index is 826. The second-order valence-electron chi connectivity index (χ2n) is 6.25. The number of benzene rings is 2. The van der Waals surface area contributed by atoms with E-state index < -0.39 is 0 Å². The summed E-state index contributed by atoms with van der Waals surface area (Å²) in [5.41, 5.74) is 4.86. The highest BCUT2D eigenvalue weighted by Gasteiger charge is 2.04. The second kappa shape index (κ2) is 6.55. The van der Waals surface area contributed by atoms with Crippen LogP contribution in [0.3, 0.4) is 0 Å². The van der Waals surface area contributed by atoms with E-state index in [0.29, 0.717) is 5.92 Å². The van der Waals surface area contributed by atoms with Crippen molar-refractivity contribution >= 4 is 39.4 Å². The van der Waals surface area contributed by atoms with Crippen molar-refractivity contribution in [1.29, 1.82) is 0 Å². The van der Waals surface area contributed by atoms with Crippen molar-refractivity contribution < 1.29 is 0 Å². The Kier molecular flexibility index (Phi) is 4.49. The van der Waals surface area contributed by atoms with Gasteiger partial charge in [-0.15, -0.1) is 11.3 Å². The van der Waals surface area contributed by atoms with Crippen LogP contribution in [0.5, 0.6) is 0 Å². The van der Waals surface area contributed by atoms with E-state index in [-0.39, 0.29) is 0 Å². The molecule has 3 rings (SSSR count). The molecule has 3 aromatic rings. The Morgan fingerprint density at radius 2 is 1.74 bits per heavy atom. The minimum atomic E-state index is 0.572. The smallest absolute Gasteiger partial charge is 0.117 e. The van der Waals surface area contributed by atoms with Crippen molar-refractivity contribution in [2.24, 2.45) is 0 Å². The van der Waals surface area contributed by atoms with Gasteiger partial charge >= 0.3 is 0 Å². The molecule has 0 saturated heterocycles. The van der Waals surface area contributed by atoms with Gasteiger partial charge in [0.2, 0.25) is 0 Å².